The molecule has 0 bridgehead atoms. The van der Waals surface area contributed by atoms with Gasteiger partial charge in [0.05, 0.1) is 19.3 Å². The van der Waals surface area contributed by atoms with Gasteiger partial charge in [-0.15, -0.1) is 0 Å². The van der Waals surface area contributed by atoms with Crippen molar-refractivity contribution in [2.45, 2.75) is 32.0 Å². The van der Waals surface area contributed by atoms with Gasteiger partial charge in [-0.1, -0.05) is 24.3 Å². The van der Waals surface area contributed by atoms with Crippen LogP contribution in [0.25, 0.3) is 0 Å². The number of ether oxygens (including phenoxy) is 2. The molecule has 1 aliphatic carbocycles. The summed E-state index contributed by atoms with van der Waals surface area (Å²) in [6.45, 7) is 4.44. The third kappa shape index (κ3) is 4.30. The second-order valence-corrected chi connectivity index (χ2v) is 5.68. The number of hydrogen-bond acceptors (Lipinski definition) is 3. The van der Waals surface area contributed by atoms with Gasteiger partial charge in [0.1, 0.15) is 0 Å². The molecule has 3 nitrogen and oxygen atoms in total. The summed E-state index contributed by atoms with van der Waals surface area (Å²) in [6, 6.07) is 8.71. The third-order valence-electron chi connectivity index (χ3n) is 3.78. The highest BCUT2D eigenvalue weighted by atomic mass is 16.5. The van der Waals surface area contributed by atoms with E-state index in [0.29, 0.717) is 6.10 Å². The van der Waals surface area contributed by atoms with Gasteiger partial charge >= 0.3 is 0 Å². The maximum atomic E-state index is 5.75. The van der Waals surface area contributed by atoms with Crippen LogP contribution in [0.5, 0.6) is 0 Å². The van der Waals surface area contributed by atoms with E-state index in [-0.39, 0.29) is 0 Å². The van der Waals surface area contributed by atoms with Crippen molar-refractivity contribution in [3.05, 3.63) is 35.4 Å². The minimum Gasteiger partial charge on any atom is -0.376 e. The Morgan fingerprint density at radius 1 is 1.26 bits per heavy atom. The first-order valence-corrected chi connectivity index (χ1v) is 7.38. The first kappa shape index (κ1) is 13.1. The summed E-state index contributed by atoms with van der Waals surface area (Å²) in [4.78, 5) is 0. The van der Waals surface area contributed by atoms with Crippen molar-refractivity contribution >= 4 is 0 Å². The van der Waals surface area contributed by atoms with Crippen molar-refractivity contribution in [1.82, 2.24) is 5.32 Å². The van der Waals surface area contributed by atoms with Gasteiger partial charge in [-0.2, -0.15) is 0 Å². The summed E-state index contributed by atoms with van der Waals surface area (Å²) >= 11 is 0. The summed E-state index contributed by atoms with van der Waals surface area (Å²) < 4.78 is 11.5. The van der Waals surface area contributed by atoms with Crippen LogP contribution in [0, 0.1) is 5.92 Å². The Balaban J connectivity index is 1.49. The Bertz CT molecular complexity index is 397. The summed E-state index contributed by atoms with van der Waals surface area (Å²) in [7, 11) is 0. The van der Waals surface area contributed by atoms with Gasteiger partial charge in [-0.25, -0.2) is 0 Å². The molecule has 19 heavy (non-hydrogen) atoms. The van der Waals surface area contributed by atoms with E-state index in [4.69, 9.17) is 9.47 Å². The lowest BCUT2D eigenvalue weighted by Gasteiger charge is -2.23. The van der Waals surface area contributed by atoms with Gasteiger partial charge in [0, 0.05) is 19.7 Å². The van der Waals surface area contributed by atoms with E-state index in [9.17, 15) is 0 Å². The predicted molar refractivity (Wildman–Crippen MR) is 75.1 cm³/mol. The van der Waals surface area contributed by atoms with E-state index >= 15 is 0 Å². The van der Waals surface area contributed by atoms with Crippen molar-refractivity contribution < 1.29 is 9.47 Å². The van der Waals surface area contributed by atoms with Crippen LogP contribution < -0.4 is 5.32 Å². The fourth-order valence-corrected chi connectivity index (χ4v) is 2.49. The molecule has 0 amide bonds. The van der Waals surface area contributed by atoms with Crippen molar-refractivity contribution in [2.24, 2.45) is 5.92 Å². The lowest BCUT2D eigenvalue weighted by atomic mass is 10.0. The minimum absolute atomic E-state index is 0.316. The molecule has 1 unspecified atom stereocenters. The van der Waals surface area contributed by atoms with Crippen molar-refractivity contribution in [1.29, 1.82) is 0 Å². The fourth-order valence-electron chi connectivity index (χ4n) is 2.49. The number of morpholine rings is 1. The van der Waals surface area contributed by atoms with Gasteiger partial charge in [-0.3, -0.25) is 0 Å². The molecule has 1 aromatic rings. The highest BCUT2D eigenvalue weighted by Crippen LogP contribution is 2.29. The second kappa shape index (κ2) is 6.51. The van der Waals surface area contributed by atoms with Gasteiger partial charge in [0.2, 0.25) is 0 Å². The highest BCUT2D eigenvalue weighted by Gasteiger charge is 2.21. The SMILES string of the molecule is c1cc(COCC2CC2)cc(CC2CNCCO2)c1. The largest absolute Gasteiger partial charge is 0.376 e. The molecule has 0 spiro atoms. The van der Waals surface area contributed by atoms with E-state index in [1.165, 1.54) is 24.0 Å². The molecule has 3 rings (SSSR count). The molecule has 1 N–H and O–H groups in total. The van der Waals surface area contributed by atoms with Gasteiger partial charge in [0.15, 0.2) is 0 Å². The Morgan fingerprint density at radius 3 is 2.95 bits per heavy atom. The molecular weight excluding hydrogens is 238 g/mol. The molecule has 2 aliphatic rings. The number of benzene rings is 1. The maximum Gasteiger partial charge on any atom is 0.0740 e. The summed E-state index contributed by atoms with van der Waals surface area (Å²) in [5.74, 6) is 0.838. The summed E-state index contributed by atoms with van der Waals surface area (Å²) in [5, 5.41) is 3.37. The van der Waals surface area contributed by atoms with Crippen LogP contribution in [0.3, 0.4) is 0 Å². The number of nitrogens with one attached hydrogen (secondary N) is 1. The van der Waals surface area contributed by atoms with Crippen LogP contribution in [-0.4, -0.2) is 32.4 Å². The second-order valence-electron chi connectivity index (χ2n) is 5.68. The molecule has 104 valence electrons. The average Bonchev–Trinajstić information content (AvgIpc) is 3.25. The summed E-state index contributed by atoms with van der Waals surface area (Å²) in [5.41, 5.74) is 2.63. The van der Waals surface area contributed by atoms with Crippen molar-refractivity contribution in [3.63, 3.8) is 0 Å². The predicted octanol–water partition coefficient (Wildman–Crippen LogP) is 2.14. The quantitative estimate of drug-likeness (QED) is 0.851. The lowest BCUT2D eigenvalue weighted by molar-refractivity contribution is 0.0292. The molecule has 0 radical (unpaired) electrons. The molecule has 0 aromatic heterocycles. The smallest absolute Gasteiger partial charge is 0.0740 e. The highest BCUT2D eigenvalue weighted by molar-refractivity contribution is 5.23. The average molecular weight is 261 g/mol. The molecule has 2 fully saturated rings. The van der Waals surface area contributed by atoms with Crippen LogP contribution in [0.15, 0.2) is 24.3 Å². The zero-order valence-electron chi connectivity index (χ0n) is 11.4. The van der Waals surface area contributed by atoms with E-state index < -0.39 is 0 Å². The molecule has 3 heteroatoms. The van der Waals surface area contributed by atoms with E-state index in [0.717, 1.165) is 45.2 Å². The normalized spacial score (nSPS) is 23.5. The minimum atomic E-state index is 0.316. The Morgan fingerprint density at radius 2 is 2.16 bits per heavy atom. The summed E-state index contributed by atoms with van der Waals surface area (Å²) in [6.07, 6.45) is 4.01. The Labute approximate surface area is 115 Å². The Hall–Kier alpha value is -0.900. The number of rotatable bonds is 6. The molecule has 1 atom stereocenters. The molecular formula is C16H23NO2. The molecule has 1 aliphatic heterocycles. The van der Waals surface area contributed by atoms with Crippen molar-refractivity contribution in [2.75, 3.05) is 26.3 Å². The maximum absolute atomic E-state index is 5.75. The zero-order chi connectivity index (χ0) is 12.9. The van der Waals surface area contributed by atoms with E-state index in [2.05, 4.69) is 29.6 Å². The standard InChI is InChI=1S/C16H23NO2/c1-2-14(9-16-10-17-6-7-19-16)8-15(3-1)12-18-11-13-4-5-13/h1-3,8,13,16-17H,4-7,9-12H2. The molecule has 1 saturated carbocycles. The van der Waals surface area contributed by atoms with Gasteiger partial charge < -0.3 is 14.8 Å². The first-order valence-electron chi connectivity index (χ1n) is 7.38. The molecule has 1 heterocycles. The van der Waals surface area contributed by atoms with E-state index in [1.807, 2.05) is 0 Å². The lowest BCUT2D eigenvalue weighted by Crippen LogP contribution is -2.39. The van der Waals surface area contributed by atoms with E-state index in [1.54, 1.807) is 0 Å². The fraction of sp³-hybridized carbons (Fsp3) is 0.625. The van der Waals surface area contributed by atoms with Crippen LogP contribution in [-0.2, 0) is 22.5 Å². The van der Waals surface area contributed by atoms with Crippen molar-refractivity contribution in [3.8, 4) is 0 Å². The van der Waals surface area contributed by atoms with Gasteiger partial charge in [0.25, 0.3) is 0 Å². The monoisotopic (exact) mass is 261 g/mol. The zero-order valence-corrected chi connectivity index (χ0v) is 11.4. The van der Waals surface area contributed by atoms with Crippen LogP contribution in [0.2, 0.25) is 0 Å². The Kier molecular flexibility index (Phi) is 4.49. The molecule has 1 saturated heterocycles. The third-order valence-corrected chi connectivity index (χ3v) is 3.78. The van der Waals surface area contributed by atoms with Gasteiger partial charge in [-0.05, 0) is 36.3 Å². The topological polar surface area (TPSA) is 30.5 Å². The molecule has 1 aromatic carbocycles. The first-order chi connectivity index (χ1) is 9.40. The van der Waals surface area contributed by atoms with Crippen LogP contribution in [0.1, 0.15) is 24.0 Å². The van der Waals surface area contributed by atoms with Crippen LogP contribution >= 0.6 is 0 Å². The van der Waals surface area contributed by atoms with Crippen LogP contribution in [0.4, 0.5) is 0 Å². The number of hydrogen-bond donors (Lipinski definition) is 1.